The Balaban J connectivity index is 1.45. The number of ether oxygens (including phenoxy) is 2. The molecule has 0 saturated heterocycles. The first-order valence-corrected chi connectivity index (χ1v) is 10.6. The summed E-state index contributed by atoms with van der Waals surface area (Å²) in [6.07, 6.45) is 2.32. The van der Waals surface area contributed by atoms with Gasteiger partial charge in [-0.05, 0) is 30.7 Å². The number of hydrogen-bond acceptors (Lipinski definition) is 3. The van der Waals surface area contributed by atoms with Gasteiger partial charge >= 0.3 is 0 Å². The Morgan fingerprint density at radius 2 is 1.65 bits per heavy atom. The SMILES string of the molecule is CC1=C[C@H](COc2ccccc2)O[C@]2(C1)C(=O)N(Cc1ccccc1)c1ccccc12. The number of para-hydroxylation sites is 2. The van der Waals surface area contributed by atoms with E-state index in [1.165, 1.54) is 0 Å². The minimum Gasteiger partial charge on any atom is -0.491 e. The summed E-state index contributed by atoms with van der Waals surface area (Å²) in [6.45, 7) is 2.95. The lowest BCUT2D eigenvalue weighted by atomic mass is 9.85. The first-order valence-electron chi connectivity index (χ1n) is 10.6. The van der Waals surface area contributed by atoms with Crippen molar-refractivity contribution in [3.63, 3.8) is 0 Å². The van der Waals surface area contributed by atoms with Crippen molar-refractivity contribution in [2.75, 3.05) is 11.5 Å². The number of rotatable bonds is 5. The predicted molar refractivity (Wildman–Crippen MR) is 121 cm³/mol. The van der Waals surface area contributed by atoms with Crippen LogP contribution < -0.4 is 9.64 Å². The highest BCUT2D eigenvalue weighted by Gasteiger charge is 2.54. The maximum atomic E-state index is 13.8. The molecule has 1 amide bonds. The summed E-state index contributed by atoms with van der Waals surface area (Å²) >= 11 is 0. The van der Waals surface area contributed by atoms with Crippen LogP contribution in [-0.2, 0) is 21.7 Å². The lowest BCUT2D eigenvalue weighted by molar-refractivity contribution is -0.153. The van der Waals surface area contributed by atoms with Crippen LogP contribution in [0.5, 0.6) is 5.75 Å². The maximum absolute atomic E-state index is 13.8. The van der Waals surface area contributed by atoms with E-state index < -0.39 is 5.60 Å². The standard InChI is InChI=1S/C27H25NO3/c1-20-16-23(19-30-22-12-6-3-7-13-22)31-27(17-20)24-14-8-9-15-25(24)28(26(27)29)18-21-10-4-2-5-11-21/h2-16,23H,17-19H2,1H3/t23-,27+/m1/s1. The normalized spacial score (nSPS) is 22.4. The zero-order valence-corrected chi connectivity index (χ0v) is 17.5. The third kappa shape index (κ3) is 3.64. The van der Waals surface area contributed by atoms with E-state index in [4.69, 9.17) is 9.47 Å². The first-order chi connectivity index (χ1) is 15.2. The van der Waals surface area contributed by atoms with Crippen molar-refractivity contribution in [3.8, 4) is 5.75 Å². The fraction of sp³-hybridized carbons (Fsp3) is 0.222. The number of anilines is 1. The van der Waals surface area contributed by atoms with Gasteiger partial charge in [0.05, 0.1) is 12.2 Å². The van der Waals surface area contributed by atoms with Crippen LogP contribution in [0.1, 0.15) is 24.5 Å². The number of carbonyl (C=O) groups is 1. The summed E-state index contributed by atoms with van der Waals surface area (Å²) < 4.78 is 12.5. The van der Waals surface area contributed by atoms with Gasteiger partial charge in [0.2, 0.25) is 0 Å². The highest BCUT2D eigenvalue weighted by Crippen LogP contribution is 2.49. The summed E-state index contributed by atoms with van der Waals surface area (Å²) in [4.78, 5) is 15.7. The van der Waals surface area contributed by atoms with Crippen LogP contribution in [0.4, 0.5) is 5.69 Å². The summed E-state index contributed by atoms with van der Waals surface area (Å²) in [5.74, 6) is 0.787. The van der Waals surface area contributed by atoms with E-state index in [2.05, 4.69) is 13.0 Å². The third-order valence-electron chi connectivity index (χ3n) is 5.91. The van der Waals surface area contributed by atoms with E-state index in [1.54, 1.807) is 0 Å². The third-order valence-corrected chi connectivity index (χ3v) is 5.91. The Bertz CT molecular complexity index is 1110. The van der Waals surface area contributed by atoms with Crippen molar-refractivity contribution < 1.29 is 14.3 Å². The molecule has 0 saturated carbocycles. The molecule has 31 heavy (non-hydrogen) atoms. The van der Waals surface area contributed by atoms with Gasteiger partial charge in [0.15, 0.2) is 5.60 Å². The second-order valence-corrected chi connectivity index (χ2v) is 8.19. The largest absolute Gasteiger partial charge is 0.491 e. The van der Waals surface area contributed by atoms with Gasteiger partial charge in [-0.1, -0.05) is 78.4 Å². The molecule has 156 valence electrons. The fourth-order valence-electron chi connectivity index (χ4n) is 4.58. The smallest absolute Gasteiger partial charge is 0.264 e. The van der Waals surface area contributed by atoms with Crippen LogP contribution >= 0.6 is 0 Å². The van der Waals surface area contributed by atoms with Gasteiger partial charge in [0.25, 0.3) is 5.91 Å². The molecule has 3 aromatic rings. The number of benzene rings is 3. The average Bonchev–Trinajstić information content (AvgIpc) is 3.01. The quantitative estimate of drug-likeness (QED) is 0.539. The van der Waals surface area contributed by atoms with Crippen molar-refractivity contribution in [1.82, 2.24) is 0 Å². The molecule has 0 aromatic heterocycles. The minimum atomic E-state index is -1.01. The van der Waals surface area contributed by atoms with Crippen LogP contribution in [0.2, 0.25) is 0 Å². The summed E-state index contributed by atoms with van der Waals surface area (Å²) in [7, 11) is 0. The number of nitrogens with zero attached hydrogens (tertiary/aromatic N) is 1. The van der Waals surface area contributed by atoms with Crippen molar-refractivity contribution in [2.24, 2.45) is 0 Å². The van der Waals surface area contributed by atoms with Gasteiger partial charge in [-0.2, -0.15) is 0 Å². The molecule has 2 heterocycles. The van der Waals surface area contributed by atoms with Crippen LogP contribution in [0.3, 0.4) is 0 Å². The van der Waals surface area contributed by atoms with Crippen LogP contribution in [0.15, 0.2) is 96.6 Å². The van der Waals surface area contributed by atoms with Gasteiger partial charge in [0, 0.05) is 12.0 Å². The Hall–Kier alpha value is -3.37. The van der Waals surface area contributed by atoms with Crippen molar-refractivity contribution in [2.45, 2.75) is 31.6 Å². The van der Waals surface area contributed by atoms with Crippen LogP contribution in [0, 0.1) is 0 Å². The van der Waals surface area contributed by atoms with E-state index in [-0.39, 0.29) is 12.0 Å². The lowest BCUT2D eigenvalue weighted by Gasteiger charge is -2.36. The van der Waals surface area contributed by atoms with Gasteiger partial charge in [-0.3, -0.25) is 4.79 Å². The first kappa shape index (κ1) is 19.6. The fourth-order valence-corrected chi connectivity index (χ4v) is 4.58. The highest BCUT2D eigenvalue weighted by atomic mass is 16.6. The predicted octanol–water partition coefficient (Wildman–Crippen LogP) is 5.24. The van der Waals surface area contributed by atoms with E-state index in [9.17, 15) is 4.79 Å². The molecule has 2 atom stereocenters. The van der Waals surface area contributed by atoms with Crippen LogP contribution in [0.25, 0.3) is 0 Å². The van der Waals surface area contributed by atoms with Crippen molar-refractivity contribution in [1.29, 1.82) is 0 Å². The van der Waals surface area contributed by atoms with Gasteiger partial charge in [-0.15, -0.1) is 0 Å². The molecule has 5 rings (SSSR count). The molecule has 0 aliphatic carbocycles. The number of hydrogen-bond donors (Lipinski definition) is 0. The molecule has 1 spiro atoms. The molecular formula is C27H25NO3. The second kappa shape index (κ2) is 8.05. The number of carbonyl (C=O) groups excluding carboxylic acids is 1. The highest BCUT2D eigenvalue weighted by molar-refractivity contribution is 6.07. The monoisotopic (exact) mass is 411 g/mol. The molecule has 0 N–H and O–H groups in total. The zero-order valence-electron chi connectivity index (χ0n) is 17.5. The minimum absolute atomic E-state index is 0.00489. The lowest BCUT2D eigenvalue weighted by Crippen LogP contribution is -2.47. The Labute approximate surface area is 182 Å². The van der Waals surface area contributed by atoms with Crippen molar-refractivity contribution in [3.05, 3.63) is 108 Å². The maximum Gasteiger partial charge on any atom is 0.264 e. The average molecular weight is 412 g/mol. The summed E-state index contributed by atoms with van der Waals surface area (Å²) in [6, 6.07) is 27.8. The Kier molecular flexibility index (Phi) is 5.08. The van der Waals surface area contributed by atoms with Gasteiger partial charge in [-0.25, -0.2) is 0 Å². The molecule has 2 aliphatic heterocycles. The molecule has 0 fully saturated rings. The molecule has 4 heteroatoms. The van der Waals surface area contributed by atoms with E-state index in [1.807, 2.05) is 89.8 Å². The van der Waals surface area contributed by atoms with E-state index in [0.29, 0.717) is 19.6 Å². The Morgan fingerprint density at radius 1 is 0.968 bits per heavy atom. The molecule has 4 nitrogen and oxygen atoms in total. The molecule has 2 aliphatic rings. The zero-order chi connectivity index (χ0) is 21.3. The molecular weight excluding hydrogens is 386 g/mol. The topological polar surface area (TPSA) is 38.8 Å². The van der Waals surface area contributed by atoms with Crippen molar-refractivity contribution >= 4 is 11.6 Å². The van der Waals surface area contributed by atoms with Crippen LogP contribution in [-0.4, -0.2) is 18.6 Å². The summed E-state index contributed by atoms with van der Waals surface area (Å²) in [5, 5.41) is 0. The molecule has 0 radical (unpaired) electrons. The molecule has 0 bridgehead atoms. The van der Waals surface area contributed by atoms with E-state index in [0.717, 1.165) is 28.1 Å². The van der Waals surface area contributed by atoms with Gasteiger partial charge in [0.1, 0.15) is 18.5 Å². The van der Waals surface area contributed by atoms with E-state index >= 15 is 0 Å². The van der Waals surface area contributed by atoms with Gasteiger partial charge < -0.3 is 14.4 Å². The second-order valence-electron chi connectivity index (χ2n) is 8.19. The Morgan fingerprint density at radius 3 is 2.42 bits per heavy atom. The number of fused-ring (bicyclic) bond motifs is 2. The number of amides is 1. The molecule has 0 unspecified atom stereocenters. The summed E-state index contributed by atoms with van der Waals surface area (Å²) in [5.41, 5.74) is 3.09. The molecule has 3 aromatic carbocycles.